The molecule has 0 spiro atoms. The van der Waals surface area contributed by atoms with Crippen molar-refractivity contribution in [3.63, 3.8) is 0 Å². The van der Waals surface area contributed by atoms with Gasteiger partial charge in [0.05, 0.1) is 4.92 Å². The van der Waals surface area contributed by atoms with E-state index in [1.165, 1.54) is 6.42 Å². The van der Waals surface area contributed by atoms with Gasteiger partial charge >= 0.3 is 5.69 Å². The van der Waals surface area contributed by atoms with Crippen LogP contribution >= 0.6 is 11.6 Å². The Morgan fingerprint density at radius 1 is 1.04 bits per heavy atom. The lowest BCUT2D eigenvalue weighted by molar-refractivity contribution is -0.383. The number of halogens is 1. The van der Waals surface area contributed by atoms with Gasteiger partial charge in [0.2, 0.25) is 0 Å². The van der Waals surface area contributed by atoms with Crippen molar-refractivity contribution in [2.45, 2.75) is 51.9 Å². The Morgan fingerprint density at radius 2 is 1.58 bits per heavy atom. The molecule has 0 saturated carbocycles. The molecule has 7 heteroatoms. The number of nitrogens with one attached hydrogen (secondary N) is 2. The van der Waals surface area contributed by atoms with Crippen LogP contribution < -0.4 is 10.6 Å². The van der Waals surface area contributed by atoms with E-state index in [4.69, 9.17) is 16.7 Å². The van der Waals surface area contributed by atoms with Crippen molar-refractivity contribution in [1.29, 1.82) is 0 Å². The van der Waals surface area contributed by atoms with Crippen LogP contribution in [0, 0.1) is 10.1 Å². The Morgan fingerprint density at radius 3 is 2.04 bits per heavy atom. The topological polar surface area (TPSA) is 87.4 Å². The number of rotatable bonds is 13. The second-order valence-electron chi connectivity index (χ2n) is 5.81. The number of anilines is 2. The van der Waals surface area contributed by atoms with Gasteiger partial charge in [0.1, 0.15) is 11.4 Å². The van der Waals surface area contributed by atoms with Gasteiger partial charge in [0.15, 0.2) is 0 Å². The molecule has 0 heterocycles. The first kappa shape index (κ1) is 20.5. The van der Waals surface area contributed by atoms with E-state index in [0.29, 0.717) is 29.5 Å². The number of aliphatic hydroxyl groups excluding tert-OH is 1. The third-order valence-corrected chi connectivity index (χ3v) is 3.97. The highest BCUT2D eigenvalue weighted by Crippen LogP contribution is 2.36. The predicted molar refractivity (Wildman–Crippen MR) is 100 cm³/mol. The van der Waals surface area contributed by atoms with Gasteiger partial charge in [0.25, 0.3) is 0 Å². The van der Waals surface area contributed by atoms with Crippen molar-refractivity contribution in [2.24, 2.45) is 0 Å². The van der Waals surface area contributed by atoms with Crippen molar-refractivity contribution in [1.82, 2.24) is 0 Å². The van der Waals surface area contributed by atoms with Crippen LogP contribution in [-0.4, -0.2) is 29.7 Å². The molecule has 136 valence electrons. The Hall–Kier alpha value is -1.53. The number of nitro benzene ring substituents is 1. The molecule has 0 amide bonds. The van der Waals surface area contributed by atoms with Gasteiger partial charge in [0, 0.05) is 24.7 Å². The fraction of sp³-hybridized carbons (Fsp3) is 0.647. The molecule has 1 aromatic carbocycles. The third kappa shape index (κ3) is 7.36. The number of aliphatic hydroxyl groups is 1. The summed E-state index contributed by atoms with van der Waals surface area (Å²) >= 11 is 6.12. The zero-order valence-electron chi connectivity index (χ0n) is 14.3. The van der Waals surface area contributed by atoms with Gasteiger partial charge in [-0.05, 0) is 37.8 Å². The Balaban J connectivity index is 2.73. The minimum absolute atomic E-state index is 0.0389. The van der Waals surface area contributed by atoms with E-state index >= 15 is 0 Å². The molecule has 24 heavy (non-hydrogen) atoms. The molecule has 0 unspecified atom stereocenters. The first-order chi connectivity index (χ1) is 11.6. The molecule has 0 fully saturated rings. The van der Waals surface area contributed by atoms with Gasteiger partial charge in [-0.3, -0.25) is 10.1 Å². The maximum atomic E-state index is 11.5. The normalized spacial score (nSPS) is 10.6. The average Bonchev–Trinajstić information content (AvgIpc) is 2.53. The first-order valence-electron chi connectivity index (χ1n) is 8.66. The molecular formula is C17H28ClN3O3. The fourth-order valence-corrected chi connectivity index (χ4v) is 2.70. The van der Waals surface area contributed by atoms with Gasteiger partial charge in [-0.25, -0.2) is 0 Å². The van der Waals surface area contributed by atoms with Gasteiger partial charge < -0.3 is 15.7 Å². The van der Waals surface area contributed by atoms with Crippen LogP contribution in [0.5, 0.6) is 0 Å². The second-order valence-corrected chi connectivity index (χ2v) is 6.24. The van der Waals surface area contributed by atoms with E-state index in [0.717, 1.165) is 38.5 Å². The molecule has 0 aliphatic heterocycles. The zero-order valence-corrected chi connectivity index (χ0v) is 15.1. The summed E-state index contributed by atoms with van der Waals surface area (Å²) in [6.45, 7) is 3.62. The summed E-state index contributed by atoms with van der Waals surface area (Å²) in [6.07, 6.45) is 6.85. The van der Waals surface area contributed by atoms with Gasteiger partial charge in [-0.1, -0.05) is 37.8 Å². The van der Waals surface area contributed by atoms with Crippen LogP contribution in [0.4, 0.5) is 17.1 Å². The number of hydrogen-bond acceptors (Lipinski definition) is 5. The van der Waals surface area contributed by atoms with Crippen molar-refractivity contribution in [3.05, 3.63) is 27.3 Å². The molecule has 1 aromatic rings. The molecule has 0 saturated heterocycles. The van der Waals surface area contributed by atoms with E-state index in [2.05, 4.69) is 17.6 Å². The smallest absolute Gasteiger partial charge is 0.315 e. The van der Waals surface area contributed by atoms with E-state index in [9.17, 15) is 10.1 Å². The Labute approximate surface area is 148 Å². The van der Waals surface area contributed by atoms with Crippen molar-refractivity contribution in [2.75, 3.05) is 30.3 Å². The summed E-state index contributed by atoms with van der Waals surface area (Å²) in [5.74, 6) is 0. The first-order valence-corrected chi connectivity index (χ1v) is 9.04. The van der Waals surface area contributed by atoms with Gasteiger partial charge in [-0.2, -0.15) is 0 Å². The highest BCUT2D eigenvalue weighted by molar-refractivity contribution is 6.31. The lowest BCUT2D eigenvalue weighted by Crippen LogP contribution is -2.09. The van der Waals surface area contributed by atoms with E-state index in [1.54, 1.807) is 12.1 Å². The molecule has 1 rings (SSSR count). The van der Waals surface area contributed by atoms with Crippen LogP contribution in [0.25, 0.3) is 0 Å². The summed E-state index contributed by atoms with van der Waals surface area (Å²) < 4.78 is 0. The standard InChI is InChI=1S/C17H28ClN3O3/c1-2-3-4-6-9-19-15-12-14(18)13-16(17(15)21(23)24)20-10-7-5-8-11-22/h12-13,19-20,22H,2-11H2,1H3. The molecule has 6 nitrogen and oxygen atoms in total. The predicted octanol–water partition coefficient (Wildman–Crippen LogP) is 4.81. The molecule has 3 N–H and O–H groups in total. The van der Waals surface area contributed by atoms with Crippen molar-refractivity contribution < 1.29 is 10.0 Å². The van der Waals surface area contributed by atoms with Crippen molar-refractivity contribution >= 4 is 28.7 Å². The minimum atomic E-state index is -0.374. The summed E-state index contributed by atoms with van der Waals surface area (Å²) in [4.78, 5) is 11.1. The third-order valence-electron chi connectivity index (χ3n) is 3.75. The number of benzene rings is 1. The van der Waals surface area contributed by atoms with Crippen LogP contribution in [-0.2, 0) is 0 Å². The maximum Gasteiger partial charge on any atom is 0.315 e. The molecular weight excluding hydrogens is 330 g/mol. The monoisotopic (exact) mass is 357 g/mol. The summed E-state index contributed by atoms with van der Waals surface area (Å²) in [5, 5.41) is 27.0. The largest absolute Gasteiger partial charge is 0.396 e. The highest BCUT2D eigenvalue weighted by Gasteiger charge is 2.20. The molecule has 0 aromatic heterocycles. The Bertz CT molecular complexity index is 477. The maximum absolute atomic E-state index is 11.5. The molecule has 0 radical (unpaired) electrons. The number of nitro groups is 1. The van der Waals surface area contributed by atoms with E-state index in [-0.39, 0.29) is 17.2 Å². The van der Waals surface area contributed by atoms with Crippen LogP contribution in [0.15, 0.2) is 12.1 Å². The number of unbranched alkanes of at least 4 members (excludes halogenated alkanes) is 5. The number of hydrogen-bond donors (Lipinski definition) is 3. The van der Waals surface area contributed by atoms with Crippen molar-refractivity contribution in [3.8, 4) is 0 Å². The summed E-state index contributed by atoms with van der Waals surface area (Å²) in [5.41, 5.74) is 0.937. The second kappa shape index (κ2) is 11.9. The van der Waals surface area contributed by atoms with Crippen LogP contribution in [0.3, 0.4) is 0 Å². The molecule has 0 aliphatic carbocycles. The quantitative estimate of drug-likeness (QED) is 0.268. The highest BCUT2D eigenvalue weighted by atomic mass is 35.5. The molecule has 0 bridgehead atoms. The number of nitrogens with zero attached hydrogens (tertiary/aromatic N) is 1. The molecule has 0 atom stereocenters. The lowest BCUT2D eigenvalue weighted by Gasteiger charge is -2.12. The summed E-state index contributed by atoms with van der Waals surface area (Å²) in [7, 11) is 0. The SMILES string of the molecule is CCCCCCNc1cc(Cl)cc(NCCCCCO)c1[N+](=O)[O-]. The Kier molecular flexibility index (Phi) is 10.2. The lowest BCUT2D eigenvalue weighted by atomic mass is 10.2. The summed E-state index contributed by atoms with van der Waals surface area (Å²) in [6, 6.07) is 3.20. The van der Waals surface area contributed by atoms with Crippen LogP contribution in [0.1, 0.15) is 51.9 Å². The average molecular weight is 358 g/mol. The zero-order chi connectivity index (χ0) is 17.8. The van der Waals surface area contributed by atoms with E-state index < -0.39 is 0 Å². The molecule has 0 aliphatic rings. The minimum Gasteiger partial charge on any atom is -0.396 e. The van der Waals surface area contributed by atoms with E-state index in [1.807, 2.05) is 0 Å². The van der Waals surface area contributed by atoms with Gasteiger partial charge in [-0.15, -0.1) is 0 Å². The fourth-order valence-electron chi connectivity index (χ4n) is 2.48. The van der Waals surface area contributed by atoms with Crippen LogP contribution in [0.2, 0.25) is 5.02 Å².